The highest BCUT2D eigenvalue weighted by atomic mass is 16.5. The Bertz CT molecular complexity index is 1770. The van der Waals surface area contributed by atoms with E-state index in [1.165, 1.54) is 0 Å². The molecule has 0 aromatic rings. The molecule has 2 amide bonds. The second-order valence-corrected chi connectivity index (χ2v) is 29.3. The molecular weight excluding hydrogens is 935 g/mol. The maximum Gasteiger partial charge on any atom is 0.246 e. The molecule has 74 heavy (non-hydrogen) atoms. The molecule has 0 aliphatic heterocycles. The third-order valence-electron chi connectivity index (χ3n) is 11.5. The molecule has 14 nitrogen and oxygen atoms in total. The number of carbonyl (C=O) groups excluding carboxylic acids is 7. The van der Waals surface area contributed by atoms with E-state index in [2.05, 4.69) is 74.7 Å². The fourth-order valence-corrected chi connectivity index (χ4v) is 6.71. The molecule has 0 bridgehead atoms. The van der Waals surface area contributed by atoms with Crippen LogP contribution in [0, 0.1) is 32.5 Å². The van der Waals surface area contributed by atoms with E-state index in [-0.39, 0.29) is 111 Å². The zero-order chi connectivity index (χ0) is 59.3. The van der Waals surface area contributed by atoms with Gasteiger partial charge in [0, 0.05) is 69.5 Å². The second-order valence-electron chi connectivity index (χ2n) is 29.3. The lowest BCUT2D eigenvalue weighted by Gasteiger charge is -2.32. The van der Waals surface area contributed by atoms with E-state index in [1.807, 2.05) is 145 Å². The van der Waals surface area contributed by atoms with E-state index in [4.69, 9.17) is 9.47 Å². The molecule has 14 heteroatoms. The molecule has 5 N–H and O–H groups in total. The van der Waals surface area contributed by atoms with E-state index in [0.29, 0.717) is 51.9 Å². The number of nitrogens with one attached hydrogen (secondary N) is 5. The van der Waals surface area contributed by atoms with Gasteiger partial charge in [-0.3, -0.25) is 33.6 Å². The van der Waals surface area contributed by atoms with Crippen molar-refractivity contribution in [1.82, 2.24) is 26.6 Å². The normalized spacial score (nSPS) is 14.3. The summed E-state index contributed by atoms with van der Waals surface area (Å²) in [5, 5.41) is 15.7. The van der Waals surface area contributed by atoms with E-state index in [9.17, 15) is 33.6 Å². The summed E-state index contributed by atoms with van der Waals surface area (Å²) in [5.41, 5.74) is -1.60. The van der Waals surface area contributed by atoms with Gasteiger partial charge in [-0.25, -0.2) is 0 Å². The molecule has 434 valence electrons. The SMILES string of the molecule is C=C(C(CCC(=O)C(C)(C)C)NC(=O)COCCOCCNC(C)(C)C)C(C)(C)C.CC(C)(C)NC(CCC(=O)C(C)(C)C)C(=O)C(C)(C)C.CC(C)(C)NC(CCC(=O)NCC(=O)C(C)(C)C)C(=O)C(C)(C)C. The first-order valence-electron chi connectivity index (χ1n) is 27.1. The first-order chi connectivity index (χ1) is 32.7. The Morgan fingerprint density at radius 1 is 0.405 bits per heavy atom. The molecule has 0 radical (unpaired) electrons. The maximum absolute atomic E-state index is 12.6. The lowest BCUT2D eigenvalue weighted by Crippen LogP contribution is -2.51. The number of hydrogen-bond donors (Lipinski definition) is 5. The molecule has 0 aliphatic carbocycles. The Morgan fingerprint density at radius 3 is 1.11 bits per heavy atom. The number of amides is 2. The fraction of sp³-hybridized carbons (Fsp3) is 0.850. The van der Waals surface area contributed by atoms with Crippen molar-refractivity contribution in [2.45, 2.75) is 260 Å². The second kappa shape index (κ2) is 31.3. The molecule has 3 unspecified atom stereocenters. The zero-order valence-corrected chi connectivity index (χ0v) is 52.6. The van der Waals surface area contributed by atoms with Crippen LogP contribution in [0.1, 0.15) is 225 Å². The van der Waals surface area contributed by atoms with Gasteiger partial charge in [-0.05, 0) is 92.6 Å². The Morgan fingerprint density at radius 2 is 0.770 bits per heavy atom. The molecule has 0 heterocycles. The summed E-state index contributed by atoms with van der Waals surface area (Å²) in [6, 6.07) is -0.900. The van der Waals surface area contributed by atoms with Gasteiger partial charge in [-0.15, -0.1) is 0 Å². The summed E-state index contributed by atoms with van der Waals surface area (Å²) < 4.78 is 10.9. The van der Waals surface area contributed by atoms with Gasteiger partial charge in [-0.2, -0.15) is 0 Å². The molecule has 3 atom stereocenters. The van der Waals surface area contributed by atoms with Gasteiger partial charge in [0.1, 0.15) is 18.2 Å². The van der Waals surface area contributed by atoms with Gasteiger partial charge in [0.25, 0.3) is 0 Å². The Kier molecular flexibility index (Phi) is 31.7. The number of carbonyl (C=O) groups is 7. The standard InChI is InChI=1S/C24H46N2O4.C19H36N2O3.C17H33NO2/c1-18(22(2,3)4)19(11-12-20(27)23(5,6)7)26-21(28)17-30-16-15-29-14-13-25-24(8,9)10;1-17(2,3)14(22)12-20-15(23)11-10-13(21-19(7,8)9)16(24)18(4,5)6;1-15(2,3)13(19)11-10-12(18-17(7,8)9)14(20)16(4,5)6/h19,25H,1,11-17H2,2-10H3,(H,26,28);13,21H,10-12H2,1-9H3,(H,20,23);12,18H,10-11H2,1-9H3. The predicted molar refractivity (Wildman–Crippen MR) is 306 cm³/mol. The van der Waals surface area contributed by atoms with Crippen LogP contribution in [-0.2, 0) is 43.0 Å². The Labute approximate surface area is 453 Å². The monoisotopic (exact) mass is 1050 g/mol. The molecule has 0 fully saturated rings. The Balaban J connectivity index is -0.00000104. The number of rotatable bonds is 25. The summed E-state index contributed by atoms with van der Waals surface area (Å²) in [6.45, 7) is 59.4. The van der Waals surface area contributed by atoms with Gasteiger partial charge in [-0.1, -0.05) is 131 Å². The lowest BCUT2D eigenvalue weighted by molar-refractivity contribution is -0.131. The van der Waals surface area contributed by atoms with Crippen molar-refractivity contribution in [3.05, 3.63) is 12.2 Å². The Hall–Kier alpha value is -3.17. The number of Topliss-reactive ketones (excluding diaryl/α,β-unsaturated/α-hetero) is 5. The number of ether oxygens (including phenoxy) is 2. The molecule has 0 aromatic heterocycles. The molecule has 0 aromatic carbocycles. The summed E-state index contributed by atoms with van der Waals surface area (Å²) in [5.74, 6) is 0.242. The minimum absolute atomic E-state index is 0.00835. The van der Waals surface area contributed by atoms with Crippen molar-refractivity contribution in [2.75, 3.05) is 39.5 Å². The van der Waals surface area contributed by atoms with E-state index in [1.54, 1.807) is 0 Å². The van der Waals surface area contributed by atoms with E-state index < -0.39 is 16.2 Å². The minimum Gasteiger partial charge on any atom is -0.378 e. The zero-order valence-electron chi connectivity index (χ0n) is 52.6. The molecule has 0 aliphatic rings. The van der Waals surface area contributed by atoms with Crippen molar-refractivity contribution in [1.29, 1.82) is 0 Å². The largest absolute Gasteiger partial charge is 0.378 e. The van der Waals surface area contributed by atoms with Crippen LogP contribution >= 0.6 is 0 Å². The van der Waals surface area contributed by atoms with Crippen molar-refractivity contribution < 1.29 is 43.0 Å². The molecule has 0 rings (SSSR count). The van der Waals surface area contributed by atoms with Crippen molar-refractivity contribution in [3.63, 3.8) is 0 Å². The predicted octanol–water partition coefficient (Wildman–Crippen LogP) is 10.5. The van der Waals surface area contributed by atoms with Crippen LogP contribution in [0.4, 0.5) is 0 Å². The highest BCUT2D eigenvalue weighted by Crippen LogP contribution is 2.30. The van der Waals surface area contributed by atoms with Gasteiger partial charge in [0.05, 0.1) is 44.5 Å². The molecule has 0 saturated carbocycles. The van der Waals surface area contributed by atoms with Crippen LogP contribution in [0.15, 0.2) is 12.2 Å². The average molecular weight is 1050 g/mol. The number of hydrogen-bond acceptors (Lipinski definition) is 12. The first kappa shape index (κ1) is 75.1. The summed E-state index contributed by atoms with van der Waals surface area (Å²) >= 11 is 0. The first-order valence-corrected chi connectivity index (χ1v) is 27.1. The molecule has 0 saturated heterocycles. The average Bonchev–Trinajstić information content (AvgIpc) is 3.18. The van der Waals surface area contributed by atoms with Crippen LogP contribution in [0.2, 0.25) is 0 Å². The minimum atomic E-state index is -0.471. The summed E-state index contributed by atoms with van der Waals surface area (Å²) in [7, 11) is 0. The van der Waals surface area contributed by atoms with E-state index in [0.717, 1.165) is 12.1 Å². The third kappa shape index (κ3) is 38.4. The van der Waals surface area contributed by atoms with E-state index >= 15 is 0 Å². The topological polar surface area (TPSA) is 198 Å². The van der Waals surface area contributed by atoms with Crippen molar-refractivity contribution >= 4 is 40.7 Å². The van der Waals surface area contributed by atoms with Gasteiger partial charge < -0.3 is 36.1 Å². The molecular formula is C60H115N5O9. The smallest absolute Gasteiger partial charge is 0.246 e. The van der Waals surface area contributed by atoms with Crippen LogP contribution in [0.3, 0.4) is 0 Å². The highest BCUT2D eigenvalue weighted by Gasteiger charge is 2.35. The van der Waals surface area contributed by atoms with Crippen molar-refractivity contribution in [2.24, 2.45) is 32.5 Å². The quantitative estimate of drug-likeness (QED) is 0.0429. The van der Waals surface area contributed by atoms with Gasteiger partial charge in [0.15, 0.2) is 17.3 Å². The number of ketones is 5. The van der Waals surface area contributed by atoms with Crippen LogP contribution < -0.4 is 26.6 Å². The fourth-order valence-electron chi connectivity index (χ4n) is 6.71. The van der Waals surface area contributed by atoms with Gasteiger partial charge >= 0.3 is 0 Å². The van der Waals surface area contributed by atoms with Gasteiger partial charge in [0.2, 0.25) is 11.8 Å². The van der Waals surface area contributed by atoms with Crippen LogP contribution in [0.25, 0.3) is 0 Å². The lowest BCUT2D eigenvalue weighted by atomic mass is 9.80. The van der Waals surface area contributed by atoms with Crippen LogP contribution in [0.5, 0.6) is 0 Å². The highest BCUT2D eigenvalue weighted by molar-refractivity contribution is 5.91. The molecule has 0 spiro atoms. The van der Waals surface area contributed by atoms with Crippen LogP contribution in [-0.4, -0.2) is 115 Å². The summed E-state index contributed by atoms with van der Waals surface area (Å²) in [6.07, 6.45) is 2.60. The maximum atomic E-state index is 12.6. The third-order valence-corrected chi connectivity index (χ3v) is 11.5. The summed E-state index contributed by atoms with van der Waals surface area (Å²) in [4.78, 5) is 85.7. The van der Waals surface area contributed by atoms with Crippen molar-refractivity contribution in [3.8, 4) is 0 Å².